The minimum Gasteiger partial charge on any atom is -0.350 e. The third-order valence-corrected chi connectivity index (χ3v) is 1.83. The molecule has 0 saturated carbocycles. The van der Waals surface area contributed by atoms with Crippen molar-refractivity contribution in [2.24, 2.45) is 0 Å². The van der Waals surface area contributed by atoms with Crippen molar-refractivity contribution in [2.75, 3.05) is 5.33 Å². The third-order valence-electron chi connectivity index (χ3n) is 1.43. The average Bonchev–Trinajstić information content (AvgIpc) is 2.17. The zero-order chi connectivity index (χ0) is 9.52. The molecule has 4 nitrogen and oxygen atoms in total. The zero-order valence-corrected chi connectivity index (χ0v) is 8.62. The van der Waals surface area contributed by atoms with E-state index in [0.29, 0.717) is 18.3 Å². The number of aromatic nitrogens is 2. The summed E-state index contributed by atoms with van der Waals surface area (Å²) in [6.45, 7) is 0.467. The fraction of sp³-hybridized carbons (Fsp3) is 0.375. The predicted octanol–water partition coefficient (Wildman–Crippen LogP) is 0.878. The van der Waals surface area contributed by atoms with E-state index in [1.54, 1.807) is 12.3 Å². The van der Waals surface area contributed by atoms with Gasteiger partial charge in [0.05, 0.1) is 12.2 Å². The Morgan fingerprint density at radius 2 is 2.46 bits per heavy atom. The SMILES string of the molecule is O=C(CCBr)NCc1ccncn1. The summed E-state index contributed by atoms with van der Waals surface area (Å²) in [5.74, 6) is 0.0236. The first-order valence-electron chi connectivity index (χ1n) is 3.90. The number of carbonyl (C=O) groups excluding carboxylic acids is 1. The van der Waals surface area contributed by atoms with Crippen molar-refractivity contribution in [1.29, 1.82) is 0 Å². The number of nitrogens with zero attached hydrogens (tertiary/aromatic N) is 2. The van der Waals surface area contributed by atoms with Gasteiger partial charge in [-0.15, -0.1) is 0 Å². The summed E-state index contributed by atoms with van der Waals surface area (Å²) >= 11 is 3.19. The Bertz CT molecular complexity index is 265. The summed E-state index contributed by atoms with van der Waals surface area (Å²) in [6, 6.07) is 1.77. The van der Waals surface area contributed by atoms with Gasteiger partial charge in [0, 0.05) is 17.9 Å². The summed E-state index contributed by atoms with van der Waals surface area (Å²) in [7, 11) is 0. The van der Waals surface area contributed by atoms with E-state index in [2.05, 4.69) is 31.2 Å². The van der Waals surface area contributed by atoms with Crippen molar-refractivity contribution in [3.05, 3.63) is 24.3 Å². The Balaban J connectivity index is 2.31. The highest BCUT2D eigenvalue weighted by Gasteiger charge is 1.99. The molecule has 0 saturated heterocycles. The van der Waals surface area contributed by atoms with Crippen molar-refractivity contribution in [3.63, 3.8) is 0 Å². The molecule has 0 unspecified atom stereocenters. The molecule has 5 heteroatoms. The van der Waals surface area contributed by atoms with Crippen LogP contribution < -0.4 is 5.32 Å². The summed E-state index contributed by atoms with van der Waals surface area (Å²) < 4.78 is 0. The number of nitrogens with one attached hydrogen (secondary N) is 1. The first kappa shape index (κ1) is 10.1. The van der Waals surface area contributed by atoms with Crippen LogP contribution in [-0.2, 0) is 11.3 Å². The second-order valence-electron chi connectivity index (χ2n) is 2.42. The van der Waals surface area contributed by atoms with Crippen molar-refractivity contribution < 1.29 is 4.79 Å². The molecule has 0 spiro atoms. The molecule has 0 aliphatic heterocycles. The molecular formula is C8H10BrN3O. The molecule has 0 aliphatic carbocycles. The maximum atomic E-state index is 11.0. The quantitative estimate of drug-likeness (QED) is 0.800. The predicted molar refractivity (Wildman–Crippen MR) is 52.3 cm³/mol. The number of hydrogen-bond donors (Lipinski definition) is 1. The van der Waals surface area contributed by atoms with Gasteiger partial charge in [-0.2, -0.15) is 0 Å². The van der Waals surface area contributed by atoms with E-state index >= 15 is 0 Å². The molecular weight excluding hydrogens is 234 g/mol. The van der Waals surface area contributed by atoms with Crippen molar-refractivity contribution in [2.45, 2.75) is 13.0 Å². The molecule has 0 aromatic carbocycles. The molecule has 1 aromatic rings. The fourth-order valence-electron chi connectivity index (χ4n) is 0.786. The first-order chi connectivity index (χ1) is 6.33. The van der Waals surface area contributed by atoms with Gasteiger partial charge in [0.15, 0.2) is 0 Å². The molecule has 0 fully saturated rings. The maximum Gasteiger partial charge on any atom is 0.221 e. The molecule has 0 bridgehead atoms. The van der Waals surface area contributed by atoms with Gasteiger partial charge in [0.1, 0.15) is 6.33 Å². The molecule has 0 radical (unpaired) electrons. The Kier molecular flexibility index (Phi) is 4.39. The van der Waals surface area contributed by atoms with Gasteiger partial charge in [0.2, 0.25) is 5.91 Å². The van der Waals surface area contributed by atoms with Gasteiger partial charge >= 0.3 is 0 Å². The van der Waals surface area contributed by atoms with Crippen molar-refractivity contribution in [1.82, 2.24) is 15.3 Å². The van der Waals surface area contributed by atoms with Gasteiger partial charge < -0.3 is 5.32 Å². The van der Waals surface area contributed by atoms with Crippen LogP contribution in [0.3, 0.4) is 0 Å². The lowest BCUT2D eigenvalue weighted by molar-refractivity contribution is -0.120. The third kappa shape index (κ3) is 3.98. The number of amides is 1. The maximum absolute atomic E-state index is 11.0. The van der Waals surface area contributed by atoms with Crippen LogP contribution in [-0.4, -0.2) is 21.2 Å². The number of hydrogen-bond acceptors (Lipinski definition) is 3. The van der Waals surface area contributed by atoms with E-state index in [-0.39, 0.29) is 5.91 Å². The van der Waals surface area contributed by atoms with Gasteiger partial charge in [-0.3, -0.25) is 4.79 Å². The van der Waals surface area contributed by atoms with Crippen LogP contribution in [0.15, 0.2) is 18.6 Å². The standard InChI is InChI=1S/C8H10BrN3O/c9-3-1-8(13)11-5-7-2-4-10-6-12-7/h2,4,6H,1,3,5H2,(H,11,13). The second kappa shape index (κ2) is 5.64. The topological polar surface area (TPSA) is 54.9 Å². The monoisotopic (exact) mass is 243 g/mol. The van der Waals surface area contributed by atoms with E-state index in [1.165, 1.54) is 6.33 Å². The van der Waals surface area contributed by atoms with Gasteiger partial charge in [-0.05, 0) is 6.07 Å². The average molecular weight is 244 g/mol. The Morgan fingerprint density at radius 3 is 3.08 bits per heavy atom. The van der Waals surface area contributed by atoms with Crippen LogP contribution in [0.1, 0.15) is 12.1 Å². The highest BCUT2D eigenvalue weighted by molar-refractivity contribution is 9.09. The molecule has 70 valence electrons. The molecule has 0 aliphatic rings. The van der Waals surface area contributed by atoms with E-state index in [4.69, 9.17) is 0 Å². The minimum atomic E-state index is 0.0236. The molecule has 13 heavy (non-hydrogen) atoms. The highest BCUT2D eigenvalue weighted by Crippen LogP contribution is 1.91. The lowest BCUT2D eigenvalue weighted by Crippen LogP contribution is -2.23. The van der Waals surface area contributed by atoms with Crippen LogP contribution in [0.2, 0.25) is 0 Å². The Labute approximate surface area is 84.9 Å². The molecule has 0 atom stereocenters. The fourth-order valence-corrected chi connectivity index (χ4v) is 1.15. The normalized spacial score (nSPS) is 9.62. The molecule has 1 heterocycles. The van der Waals surface area contributed by atoms with Crippen LogP contribution in [0.4, 0.5) is 0 Å². The summed E-state index contributed by atoms with van der Waals surface area (Å²) in [5.41, 5.74) is 0.818. The largest absolute Gasteiger partial charge is 0.350 e. The Morgan fingerprint density at radius 1 is 1.62 bits per heavy atom. The molecule has 1 aromatic heterocycles. The van der Waals surface area contributed by atoms with Gasteiger partial charge in [-0.1, -0.05) is 15.9 Å². The Hall–Kier alpha value is -0.970. The van der Waals surface area contributed by atoms with E-state index in [0.717, 1.165) is 5.69 Å². The van der Waals surface area contributed by atoms with E-state index < -0.39 is 0 Å². The van der Waals surface area contributed by atoms with Gasteiger partial charge in [-0.25, -0.2) is 9.97 Å². The van der Waals surface area contributed by atoms with E-state index in [1.807, 2.05) is 0 Å². The number of halogens is 1. The summed E-state index contributed by atoms with van der Waals surface area (Å²) in [5, 5.41) is 3.42. The van der Waals surface area contributed by atoms with Crippen LogP contribution in [0, 0.1) is 0 Å². The van der Waals surface area contributed by atoms with Crippen molar-refractivity contribution in [3.8, 4) is 0 Å². The zero-order valence-electron chi connectivity index (χ0n) is 7.03. The second-order valence-corrected chi connectivity index (χ2v) is 3.21. The van der Waals surface area contributed by atoms with E-state index in [9.17, 15) is 4.79 Å². The minimum absolute atomic E-state index is 0.0236. The number of alkyl halides is 1. The van der Waals surface area contributed by atoms with Crippen molar-refractivity contribution >= 4 is 21.8 Å². The lowest BCUT2D eigenvalue weighted by atomic mass is 10.4. The lowest BCUT2D eigenvalue weighted by Gasteiger charge is -2.01. The highest BCUT2D eigenvalue weighted by atomic mass is 79.9. The number of rotatable bonds is 4. The smallest absolute Gasteiger partial charge is 0.221 e. The molecule has 1 N–H and O–H groups in total. The summed E-state index contributed by atoms with van der Waals surface area (Å²) in [4.78, 5) is 18.8. The molecule has 1 amide bonds. The van der Waals surface area contributed by atoms with Gasteiger partial charge in [0.25, 0.3) is 0 Å². The summed E-state index contributed by atoms with van der Waals surface area (Å²) in [6.07, 6.45) is 3.61. The number of carbonyl (C=O) groups is 1. The van der Waals surface area contributed by atoms with Crippen LogP contribution in [0.5, 0.6) is 0 Å². The molecule has 1 rings (SSSR count). The van der Waals surface area contributed by atoms with Crippen LogP contribution in [0.25, 0.3) is 0 Å². The van der Waals surface area contributed by atoms with Crippen LogP contribution >= 0.6 is 15.9 Å². The first-order valence-corrected chi connectivity index (χ1v) is 5.02.